The van der Waals surface area contributed by atoms with Crippen LogP contribution in [-0.2, 0) is 4.74 Å². The first-order valence-electron chi connectivity index (χ1n) is 6.84. The highest BCUT2D eigenvalue weighted by atomic mass is 32.2. The first-order chi connectivity index (χ1) is 9.56. The second-order valence-corrected chi connectivity index (χ2v) is 6.26. The van der Waals surface area contributed by atoms with Gasteiger partial charge in [0, 0.05) is 29.3 Å². The number of rotatable bonds is 9. The van der Waals surface area contributed by atoms with Crippen molar-refractivity contribution in [2.75, 3.05) is 31.3 Å². The SMILES string of the molecule is CSc1cccc(NCCOCCC(C)C)c1C(N)=S. The molecule has 0 fully saturated rings. The van der Waals surface area contributed by atoms with Gasteiger partial charge in [-0.3, -0.25) is 0 Å². The van der Waals surface area contributed by atoms with E-state index >= 15 is 0 Å². The molecule has 0 bridgehead atoms. The Bertz CT molecular complexity index is 436. The Morgan fingerprint density at radius 2 is 2.15 bits per heavy atom. The minimum Gasteiger partial charge on any atom is -0.389 e. The Labute approximate surface area is 131 Å². The summed E-state index contributed by atoms with van der Waals surface area (Å²) in [6, 6.07) is 6.04. The standard InChI is InChI=1S/C15H24N2OS2/c1-11(2)7-9-18-10-8-17-12-5-4-6-13(20-3)14(12)15(16)19/h4-6,11,17H,7-10H2,1-3H3,(H2,16,19). The highest BCUT2D eigenvalue weighted by Crippen LogP contribution is 2.26. The third kappa shape index (κ3) is 5.69. The largest absolute Gasteiger partial charge is 0.389 e. The number of ether oxygens (including phenoxy) is 1. The van der Waals surface area contributed by atoms with Crippen LogP contribution in [0.4, 0.5) is 5.69 Å². The predicted octanol–water partition coefficient (Wildman–Crippen LogP) is 3.52. The van der Waals surface area contributed by atoms with Gasteiger partial charge in [0.15, 0.2) is 0 Å². The maximum atomic E-state index is 5.82. The molecular weight excluding hydrogens is 288 g/mol. The van der Waals surface area contributed by atoms with Crippen LogP contribution in [0.5, 0.6) is 0 Å². The molecule has 0 heterocycles. The van der Waals surface area contributed by atoms with Crippen LogP contribution in [0.1, 0.15) is 25.8 Å². The van der Waals surface area contributed by atoms with Crippen LogP contribution in [0.15, 0.2) is 23.1 Å². The van der Waals surface area contributed by atoms with Gasteiger partial charge in [0.05, 0.1) is 6.61 Å². The van der Waals surface area contributed by atoms with E-state index in [1.807, 2.05) is 24.5 Å². The number of anilines is 1. The number of hydrogen-bond donors (Lipinski definition) is 2. The van der Waals surface area contributed by atoms with Crippen molar-refractivity contribution in [3.8, 4) is 0 Å². The van der Waals surface area contributed by atoms with Crippen LogP contribution in [0.2, 0.25) is 0 Å². The molecule has 1 aromatic carbocycles. The number of thiocarbonyl (C=S) groups is 1. The molecule has 0 saturated carbocycles. The van der Waals surface area contributed by atoms with Crippen molar-refractivity contribution in [2.24, 2.45) is 11.7 Å². The summed E-state index contributed by atoms with van der Waals surface area (Å²) < 4.78 is 5.59. The fraction of sp³-hybridized carbons (Fsp3) is 0.533. The first-order valence-corrected chi connectivity index (χ1v) is 8.48. The summed E-state index contributed by atoms with van der Waals surface area (Å²) in [6.45, 7) is 6.65. The molecule has 0 aliphatic heterocycles. The average Bonchev–Trinajstić information content (AvgIpc) is 2.41. The normalized spacial score (nSPS) is 10.8. The van der Waals surface area contributed by atoms with Crippen molar-refractivity contribution in [1.82, 2.24) is 0 Å². The second-order valence-electron chi connectivity index (χ2n) is 4.97. The van der Waals surface area contributed by atoms with E-state index < -0.39 is 0 Å². The molecule has 0 unspecified atom stereocenters. The Kier molecular flexibility index (Phi) is 7.95. The van der Waals surface area contributed by atoms with Crippen molar-refractivity contribution in [1.29, 1.82) is 0 Å². The lowest BCUT2D eigenvalue weighted by Gasteiger charge is -2.14. The van der Waals surface area contributed by atoms with Gasteiger partial charge in [-0.05, 0) is 30.7 Å². The van der Waals surface area contributed by atoms with Gasteiger partial charge in [-0.1, -0.05) is 32.1 Å². The number of thioether (sulfide) groups is 1. The zero-order chi connectivity index (χ0) is 15.0. The van der Waals surface area contributed by atoms with Crippen LogP contribution >= 0.6 is 24.0 Å². The minimum atomic E-state index is 0.429. The average molecular weight is 313 g/mol. The molecule has 0 radical (unpaired) electrons. The fourth-order valence-electron chi connectivity index (χ4n) is 1.78. The van der Waals surface area contributed by atoms with Crippen LogP contribution in [0.3, 0.4) is 0 Å². The van der Waals surface area contributed by atoms with E-state index in [9.17, 15) is 0 Å². The second kappa shape index (κ2) is 9.21. The number of benzene rings is 1. The molecule has 0 aliphatic rings. The molecule has 20 heavy (non-hydrogen) atoms. The van der Waals surface area contributed by atoms with Gasteiger partial charge in [0.2, 0.25) is 0 Å². The van der Waals surface area contributed by atoms with E-state index in [1.165, 1.54) is 0 Å². The molecule has 1 aromatic rings. The molecule has 0 amide bonds. The van der Waals surface area contributed by atoms with Gasteiger partial charge in [-0.25, -0.2) is 0 Å². The Morgan fingerprint density at radius 1 is 1.40 bits per heavy atom. The van der Waals surface area contributed by atoms with E-state index in [0.717, 1.165) is 35.7 Å². The van der Waals surface area contributed by atoms with Crippen molar-refractivity contribution < 1.29 is 4.74 Å². The van der Waals surface area contributed by atoms with Crippen LogP contribution in [0.25, 0.3) is 0 Å². The number of hydrogen-bond acceptors (Lipinski definition) is 4. The summed E-state index contributed by atoms with van der Waals surface area (Å²) in [4.78, 5) is 1.53. The molecule has 0 atom stereocenters. The predicted molar refractivity (Wildman–Crippen MR) is 92.9 cm³/mol. The highest BCUT2D eigenvalue weighted by Gasteiger charge is 2.09. The van der Waals surface area contributed by atoms with E-state index in [2.05, 4.69) is 19.2 Å². The third-order valence-electron chi connectivity index (χ3n) is 2.89. The monoisotopic (exact) mass is 312 g/mol. The lowest BCUT2D eigenvalue weighted by atomic mass is 10.1. The summed E-state index contributed by atoms with van der Waals surface area (Å²) >= 11 is 6.80. The van der Waals surface area contributed by atoms with Crippen molar-refractivity contribution in [3.63, 3.8) is 0 Å². The molecule has 3 N–H and O–H groups in total. The first kappa shape index (κ1) is 17.3. The van der Waals surface area contributed by atoms with Gasteiger partial charge in [0.1, 0.15) is 4.99 Å². The maximum absolute atomic E-state index is 5.82. The fourth-order valence-corrected chi connectivity index (χ4v) is 2.70. The lowest BCUT2D eigenvalue weighted by molar-refractivity contribution is 0.132. The van der Waals surface area contributed by atoms with Gasteiger partial charge in [0.25, 0.3) is 0 Å². The molecule has 1 rings (SSSR count). The van der Waals surface area contributed by atoms with Gasteiger partial charge in [-0.2, -0.15) is 0 Å². The number of nitrogens with one attached hydrogen (secondary N) is 1. The van der Waals surface area contributed by atoms with E-state index in [0.29, 0.717) is 17.5 Å². The number of nitrogens with two attached hydrogens (primary N) is 1. The van der Waals surface area contributed by atoms with Crippen LogP contribution < -0.4 is 11.1 Å². The van der Waals surface area contributed by atoms with E-state index in [4.69, 9.17) is 22.7 Å². The Balaban J connectivity index is 2.49. The summed E-state index contributed by atoms with van der Waals surface area (Å²) in [7, 11) is 0. The van der Waals surface area contributed by atoms with Crippen molar-refractivity contribution in [3.05, 3.63) is 23.8 Å². The summed E-state index contributed by atoms with van der Waals surface area (Å²) in [5.41, 5.74) is 7.73. The summed E-state index contributed by atoms with van der Waals surface area (Å²) in [5.74, 6) is 0.683. The lowest BCUT2D eigenvalue weighted by Crippen LogP contribution is -2.17. The molecule has 5 heteroatoms. The summed E-state index contributed by atoms with van der Waals surface area (Å²) in [6.07, 6.45) is 3.12. The Morgan fingerprint density at radius 3 is 2.75 bits per heavy atom. The molecule has 3 nitrogen and oxygen atoms in total. The third-order valence-corrected chi connectivity index (χ3v) is 3.88. The molecule has 0 saturated heterocycles. The van der Waals surface area contributed by atoms with Gasteiger partial charge in [-0.15, -0.1) is 11.8 Å². The zero-order valence-electron chi connectivity index (χ0n) is 12.4. The molecule has 0 aliphatic carbocycles. The van der Waals surface area contributed by atoms with Crippen LogP contribution in [0, 0.1) is 5.92 Å². The zero-order valence-corrected chi connectivity index (χ0v) is 14.1. The van der Waals surface area contributed by atoms with E-state index in [1.54, 1.807) is 11.8 Å². The van der Waals surface area contributed by atoms with Gasteiger partial charge < -0.3 is 15.8 Å². The minimum absolute atomic E-state index is 0.429. The summed E-state index contributed by atoms with van der Waals surface area (Å²) in [5, 5.41) is 3.35. The highest BCUT2D eigenvalue weighted by molar-refractivity contribution is 7.98. The quantitative estimate of drug-likeness (QED) is 0.415. The molecule has 0 spiro atoms. The van der Waals surface area contributed by atoms with Crippen LogP contribution in [-0.4, -0.2) is 31.0 Å². The van der Waals surface area contributed by atoms with E-state index in [-0.39, 0.29) is 0 Å². The van der Waals surface area contributed by atoms with Crippen molar-refractivity contribution >= 4 is 34.7 Å². The topological polar surface area (TPSA) is 47.3 Å². The molecule has 0 aromatic heterocycles. The Hall–Kier alpha value is -0.780. The molecule has 112 valence electrons. The smallest absolute Gasteiger partial charge is 0.107 e. The molecular formula is C15H24N2OS2. The van der Waals surface area contributed by atoms with Crippen molar-refractivity contribution in [2.45, 2.75) is 25.2 Å². The maximum Gasteiger partial charge on any atom is 0.107 e. The van der Waals surface area contributed by atoms with Gasteiger partial charge >= 0.3 is 0 Å².